The van der Waals surface area contributed by atoms with Gasteiger partial charge in [0.2, 0.25) is 0 Å². The van der Waals surface area contributed by atoms with Crippen molar-refractivity contribution in [3.8, 4) is 90.0 Å². The van der Waals surface area contributed by atoms with E-state index >= 15 is 0 Å². The Labute approximate surface area is 542 Å². The number of pyridine rings is 2. The van der Waals surface area contributed by atoms with Crippen LogP contribution in [0.4, 0.5) is 0 Å². The topological polar surface area (TPSA) is 45.5 Å². The van der Waals surface area contributed by atoms with Gasteiger partial charge in [0.1, 0.15) is 0 Å². The van der Waals surface area contributed by atoms with E-state index in [0.717, 1.165) is 134 Å². The van der Waals surface area contributed by atoms with Crippen LogP contribution in [-0.4, -0.2) is 28.2 Å². The number of benzene rings is 13. The van der Waals surface area contributed by atoms with Crippen molar-refractivity contribution in [1.29, 1.82) is 0 Å². The molecule has 0 radical (unpaired) electrons. The monoisotopic (exact) mass is 1200 g/mol. The standard InChI is InChI=1S/C88H56N6/c1-3-24-57(25-4-1)77-51-61(53-79(89-77)63-47-65(91-81-38-15-7-30-69(81)70-31-8-16-39-82(70)91)55-66(48-63)92-83-40-17-9-32-71(83)72-33-10-18-41-84(72)92)59-28-23-29-60(46-59)62-52-78(58-26-5-2-6-27-58)90-80(54-62)64-49-67(93-85-42-19-11-34-73(85)74-35-12-20-43-86(74)93)56-68(50-64)94-87-44-21-13-36-75(87)76-37-14-22-45-88(76)94/h1-56H. The van der Waals surface area contributed by atoms with Crippen LogP contribution in [0.15, 0.2) is 340 Å². The average Bonchev–Trinajstić information content (AvgIpc) is 1.57. The first-order valence-corrected chi connectivity index (χ1v) is 32.1. The molecule has 0 aliphatic heterocycles. The van der Waals surface area contributed by atoms with Crippen LogP contribution in [0.25, 0.3) is 177 Å². The lowest BCUT2D eigenvalue weighted by molar-refractivity contribution is 1.13. The third-order valence-electron chi connectivity index (χ3n) is 19.1. The molecule has 0 N–H and O–H groups in total. The van der Waals surface area contributed by atoms with Gasteiger partial charge in [-0.15, -0.1) is 0 Å². The normalized spacial score (nSPS) is 11.8. The maximum absolute atomic E-state index is 5.65. The van der Waals surface area contributed by atoms with E-state index < -0.39 is 0 Å². The minimum absolute atomic E-state index is 0.867. The van der Waals surface area contributed by atoms with Crippen LogP contribution in [0.5, 0.6) is 0 Å². The fraction of sp³-hybridized carbons (Fsp3) is 0. The number of hydrogen-bond acceptors (Lipinski definition) is 2. The van der Waals surface area contributed by atoms with E-state index in [1.165, 1.54) is 43.1 Å². The summed E-state index contributed by atoms with van der Waals surface area (Å²) in [5.74, 6) is 0. The van der Waals surface area contributed by atoms with Crippen LogP contribution in [0.3, 0.4) is 0 Å². The van der Waals surface area contributed by atoms with E-state index in [9.17, 15) is 0 Å². The van der Waals surface area contributed by atoms with Gasteiger partial charge in [0, 0.05) is 88.1 Å². The molecule has 0 aliphatic carbocycles. The van der Waals surface area contributed by atoms with Crippen molar-refractivity contribution in [2.45, 2.75) is 0 Å². The predicted octanol–water partition coefficient (Wildman–Crippen LogP) is 22.9. The number of nitrogens with zero attached hydrogens (tertiary/aromatic N) is 6. The van der Waals surface area contributed by atoms with Gasteiger partial charge in [-0.3, -0.25) is 0 Å². The molecule has 0 saturated heterocycles. The van der Waals surface area contributed by atoms with E-state index in [2.05, 4.69) is 358 Å². The first-order chi connectivity index (χ1) is 46.6. The molecule has 6 heterocycles. The quantitative estimate of drug-likeness (QED) is 0.137. The van der Waals surface area contributed by atoms with Gasteiger partial charge in [-0.05, 0) is 138 Å². The van der Waals surface area contributed by atoms with Crippen LogP contribution in [-0.2, 0) is 0 Å². The molecule has 19 rings (SSSR count). The molecule has 13 aromatic carbocycles. The van der Waals surface area contributed by atoms with Crippen LogP contribution < -0.4 is 0 Å². The van der Waals surface area contributed by atoms with Gasteiger partial charge in [0.25, 0.3) is 0 Å². The second-order valence-corrected chi connectivity index (χ2v) is 24.5. The Morgan fingerprint density at radius 3 is 0.617 bits per heavy atom. The highest BCUT2D eigenvalue weighted by molar-refractivity contribution is 6.13. The van der Waals surface area contributed by atoms with Gasteiger partial charge in [0.05, 0.1) is 66.9 Å². The summed E-state index contributed by atoms with van der Waals surface area (Å²) < 4.78 is 9.70. The number of aromatic nitrogens is 6. The Balaban J connectivity index is 0.818. The molecule has 0 aliphatic rings. The number of rotatable bonds is 10. The summed E-state index contributed by atoms with van der Waals surface area (Å²) in [5.41, 5.74) is 25.2. The highest BCUT2D eigenvalue weighted by Gasteiger charge is 2.22. The summed E-state index contributed by atoms with van der Waals surface area (Å²) in [7, 11) is 0. The maximum atomic E-state index is 5.65. The molecule has 0 spiro atoms. The Morgan fingerprint density at radius 2 is 0.362 bits per heavy atom. The smallest absolute Gasteiger partial charge is 0.0717 e. The molecule has 0 fully saturated rings. The SMILES string of the molecule is c1ccc(-c2cc(-c3cccc(-c4cc(-c5ccccc5)nc(-c5cc(-n6c7ccccc7c7ccccc76)cc(-n6c7ccccc7c7ccccc76)c5)c4)c3)cc(-c3cc(-n4c5ccccc5c5ccccc54)cc(-n4c5ccccc5c5ccccc54)c3)n2)cc1. The van der Waals surface area contributed by atoms with Gasteiger partial charge >= 0.3 is 0 Å². The molecule has 19 aromatic rings. The molecule has 0 unspecified atom stereocenters. The van der Waals surface area contributed by atoms with E-state index in [-0.39, 0.29) is 0 Å². The predicted molar refractivity (Wildman–Crippen MR) is 392 cm³/mol. The highest BCUT2D eigenvalue weighted by Crippen LogP contribution is 2.43. The molecule has 94 heavy (non-hydrogen) atoms. The van der Waals surface area contributed by atoms with E-state index in [0.29, 0.717) is 0 Å². The fourth-order valence-electron chi connectivity index (χ4n) is 14.9. The van der Waals surface area contributed by atoms with Crippen molar-refractivity contribution in [3.63, 3.8) is 0 Å². The zero-order valence-corrected chi connectivity index (χ0v) is 51.0. The molecule has 0 bridgehead atoms. The van der Waals surface area contributed by atoms with Crippen molar-refractivity contribution >= 4 is 87.2 Å². The Bertz CT molecular complexity index is 5380. The van der Waals surface area contributed by atoms with Crippen molar-refractivity contribution in [2.75, 3.05) is 0 Å². The highest BCUT2D eigenvalue weighted by atomic mass is 15.0. The summed E-state index contributed by atoms with van der Waals surface area (Å²) in [5, 5.41) is 9.69. The summed E-state index contributed by atoms with van der Waals surface area (Å²) in [6.45, 7) is 0. The lowest BCUT2D eigenvalue weighted by Crippen LogP contribution is -2.01. The molecular formula is C88H56N6. The molecule has 0 amide bonds. The Kier molecular flexibility index (Phi) is 12.2. The van der Waals surface area contributed by atoms with Crippen molar-refractivity contribution < 1.29 is 0 Å². The fourth-order valence-corrected chi connectivity index (χ4v) is 14.9. The summed E-state index contributed by atoms with van der Waals surface area (Å²) in [6.07, 6.45) is 0. The van der Waals surface area contributed by atoms with Crippen LogP contribution in [0.1, 0.15) is 0 Å². The largest absolute Gasteiger partial charge is 0.309 e. The lowest BCUT2D eigenvalue weighted by atomic mass is 9.95. The van der Waals surface area contributed by atoms with Gasteiger partial charge < -0.3 is 18.3 Å². The molecule has 0 saturated carbocycles. The van der Waals surface area contributed by atoms with Gasteiger partial charge in [-0.2, -0.15) is 0 Å². The number of hydrogen-bond donors (Lipinski definition) is 0. The van der Waals surface area contributed by atoms with Gasteiger partial charge in [-0.1, -0.05) is 224 Å². The van der Waals surface area contributed by atoms with Crippen molar-refractivity contribution in [1.82, 2.24) is 28.2 Å². The van der Waals surface area contributed by atoms with Crippen molar-refractivity contribution in [3.05, 3.63) is 340 Å². The third kappa shape index (κ3) is 8.65. The number of fused-ring (bicyclic) bond motifs is 12. The molecule has 6 nitrogen and oxygen atoms in total. The second-order valence-electron chi connectivity index (χ2n) is 24.5. The average molecular weight is 1200 g/mol. The first kappa shape index (κ1) is 53.2. The van der Waals surface area contributed by atoms with Crippen molar-refractivity contribution in [2.24, 2.45) is 0 Å². The minimum atomic E-state index is 0.867. The third-order valence-corrected chi connectivity index (χ3v) is 19.1. The molecule has 438 valence electrons. The second kappa shape index (κ2) is 21.5. The number of para-hydroxylation sites is 8. The Hall–Kier alpha value is -12.6. The summed E-state index contributed by atoms with van der Waals surface area (Å²) in [6, 6.07) is 123. The van der Waals surface area contributed by atoms with E-state index in [1.54, 1.807) is 0 Å². The summed E-state index contributed by atoms with van der Waals surface area (Å²) >= 11 is 0. The maximum Gasteiger partial charge on any atom is 0.0717 e. The zero-order valence-electron chi connectivity index (χ0n) is 51.0. The van der Waals surface area contributed by atoms with E-state index in [1.807, 2.05) is 0 Å². The van der Waals surface area contributed by atoms with Crippen LogP contribution >= 0.6 is 0 Å². The summed E-state index contributed by atoms with van der Waals surface area (Å²) in [4.78, 5) is 11.3. The first-order valence-electron chi connectivity index (χ1n) is 32.1. The van der Waals surface area contributed by atoms with Gasteiger partial charge in [-0.25, -0.2) is 9.97 Å². The molecule has 0 atom stereocenters. The van der Waals surface area contributed by atoms with Crippen LogP contribution in [0, 0.1) is 0 Å². The lowest BCUT2D eigenvalue weighted by Gasteiger charge is -2.17. The van der Waals surface area contributed by atoms with Crippen LogP contribution in [0.2, 0.25) is 0 Å². The zero-order chi connectivity index (χ0) is 61.8. The minimum Gasteiger partial charge on any atom is -0.309 e. The molecule has 6 aromatic heterocycles. The molecule has 6 heteroatoms. The van der Waals surface area contributed by atoms with E-state index in [4.69, 9.17) is 9.97 Å². The molecular weight excluding hydrogens is 1140 g/mol. The van der Waals surface area contributed by atoms with Gasteiger partial charge in [0.15, 0.2) is 0 Å². The Morgan fingerprint density at radius 1 is 0.149 bits per heavy atom.